The third kappa shape index (κ3) is 2.50. The zero-order chi connectivity index (χ0) is 13.3. The molecule has 18 heavy (non-hydrogen) atoms. The molecule has 0 spiro atoms. The van der Waals surface area contributed by atoms with Gasteiger partial charge in [0.25, 0.3) is 0 Å². The van der Waals surface area contributed by atoms with E-state index in [0.717, 1.165) is 17.1 Å². The predicted octanol–water partition coefficient (Wildman–Crippen LogP) is 2.56. The molecule has 1 N–H and O–H groups in total. The van der Waals surface area contributed by atoms with Gasteiger partial charge in [-0.05, 0) is 12.5 Å². The van der Waals surface area contributed by atoms with Gasteiger partial charge >= 0.3 is 0 Å². The van der Waals surface area contributed by atoms with Crippen molar-refractivity contribution in [1.82, 2.24) is 19.7 Å². The molecule has 0 atom stereocenters. The molecule has 2 heterocycles. The minimum atomic E-state index is 0.00983. The van der Waals surface area contributed by atoms with Crippen LogP contribution in [0.5, 0.6) is 0 Å². The van der Waals surface area contributed by atoms with Gasteiger partial charge in [-0.3, -0.25) is 4.68 Å². The van der Waals surface area contributed by atoms with E-state index in [4.69, 9.17) is 0 Å². The SMILES string of the molecule is Cc1cnc(Nc2ccnn2C)nc1C(C)(C)C. The number of rotatable bonds is 2. The zero-order valence-corrected chi connectivity index (χ0v) is 11.5. The molecule has 0 aliphatic heterocycles. The molecule has 0 saturated carbocycles. The van der Waals surface area contributed by atoms with Crippen LogP contribution in [0.4, 0.5) is 11.8 Å². The highest BCUT2D eigenvalue weighted by atomic mass is 15.3. The molecule has 0 fully saturated rings. The summed E-state index contributed by atoms with van der Waals surface area (Å²) < 4.78 is 1.75. The van der Waals surface area contributed by atoms with E-state index in [-0.39, 0.29) is 5.41 Å². The Morgan fingerprint density at radius 3 is 2.56 bits per heavy atom. The average molecular weight is 245 g/mol. The lowest BCUT2D eigenvalue weighted by molar-refractivity contribution is 0.563. The fraction of sp³-hybridized carbons (Fsp3) is 0.462. The number of hydrogen-bond acceptors (Lipinski definition) is 4. The first-order chi connectivity index (χ1) is 8.38. The summed E-state index contributed by atoms with van der Waals surface area (Å²) in [6.45, 7) is 8.48. The van der Waals surface area contributed by atoms with Crippen LogP contribution in [0.25, 0.3) is 0 Å². The summed E-state index contributed by atoms with van der Waals surface area (Å²) in [5, 5.41) is 7.27. The summed E-state index contributed by atoms with van der Waals surface area (Å²) in [6, 6.07) is 1.89. The molecular formula is C13H19N5. The van der Waals surface area contributed by atoms with E-state index < -0.39 is 0 Å². The van der Waals surface area contributed by atoms with Gasteiger partial charge in [-0.15, -0.1) is 0 Å². The second-order valence-electron chi connectivity index (χ2n) is 5.44. The summed E-state index contributed by atoms with van der Waals surface area (Å²) in [4.78, 5) is 8.90. The average Bonchev–Trinajstić information content (AvgIpc) is 2.66. The Bertz CT molecular complexity index is 551. The highest BCUT2D eigenvalue weighted by molar-refractivity contribution is 5.48. The maximum absolute atomic E-state index is 4.60. The molecule has 0 aromatic carbocycles. The Kier molecular flexibility index (Phi) is 3.07. The van der Waals surface area contributed by atoms with Crippen LogP contribution in [0.1, 0.15) is 32.0 Å². The third-order valence-corrected chi connectivity index (χ3v) is 2.74. The Balaban J connectivity index is 2.33. The first kappa shape index (κ1) is 12.5. The van der Waals surface area contributed by atoms with Crippen LogP contribution in [-0.2, 0) is 12.5 Å². The Morgan fingerprint density at radius 2 is 2.00 bits per heavy atom. The third-order valence-electron chi connectivity index (χ3n) is 2.74. The largest absolute Gasteiger partial charge is 0.309 e. The predicted molar refractivity (Wildman–Crippen MR) is 72.0 cm³/mol. The Hall–Kier alpha value is -1.91. The van der Waals surface area contributed by atoms with Gasteiger partial charge in [0.15, 0.2) is 0 Å². The van der Waals surface area contributed by atoms with Crippen LogP contribution in [0.3, 0.4) is 0 Å². The number of anilines is 2. The normalized spacial score (nSPS) is 11.6. The van der Waals surface area contributed by atoms with E-state index in [1.807, 2.05) is 26.2 Å². The molecule has 0 aliphatic carbocycles. The molecule has 2 aromatic rings. The summed E-state index contributed by atoms with van der Waals surface area (Å²) in [7, 11) is 1.88. The van der Waals surface area contributed by atoms with Gasteiger partial charge < -0.3 is 5.32 Å². The highest BCUT2D eigenvalue weighted by Gasteiger charge is 2.19. The van der Waals surface area contributed by atoms with Gasteiger partial charge in [0, 0.05) is 24.7 Å². The van der Waals surface area contributed by atoms with E-state index in [1.165, 1.54) is 0 Å². The van der Waals surface area contributed by atoms with Crippen LogP contribution in [-0.4, -0.2) is 19.7 Å². The Morgan fingerprint density at radius 1 is 1.28 bits per heavy atom. The molecule has 5 heteroatoms. The van der Waals surface area contributed by atoms with Crippen molar-refractivity contribution in [3.8, 4) is 0 Å². The van der Waals surface area contributed by atoms with E-state index >= 15 is 0 Å². The summed E-state index contributed by atoms with van der Waals surface area (Å²) >= 11 is 0. The zero-order valence-electron chi connectivity index (χ0n) is 11.5. The van der Waals surface area contributed by atoms with Gasteiger partial charge in [0.2, 0.25) is 5.95 Å². The van der Waals surface area contributed by atoms with Gasteiger partial charge in [0.05, 0.1) is 11.9 Å². The van der Waals surface area contributed by atoms with Gasteiger partial charge in [0.1, 0.15) is 5.82 Å². The van der Waals surface area contributed by atoms with Crippen molar-refractivity contribution < 1.29 is 0 Å². The second kappa shape index (κ2) is 4.40. The lowest BCUT2D eigenvalue weighted by Gasteiger charge is -2.20. The minimum absolute atomic E-state index is 0.00983. The molecule has 0 saturated heterocycles. The Labute approximate surface area is 107 Å². The maximum atomic E-state index is 4.60. The van der Waals surface area contributed by atoms with Crippen molar-refractivity contribution in [1.29, 1.82) is 0 Å². The molecule has 0 unspecified atom stereocenters. The van der Waals surface area contributed by atoms with Gasteiger partial charge in [-0.25, -0.2) is 9.97 Å². The van der Waals surface area contributed by atoms with Gasteiger partial charge in [-0.2, -0.15) is 5.10 Å². The minimum Gasteiger partial charge on any atom is -0.309 e. The van der Waals surface area contributed by atoms with E-state index in [1.54, 1.807) is 10.9 Å². The van der Waals surface area contributed by atoms with Crippen LogP contribution < -0.4 is 5.32 Å². The van der Waals surface area contributed by atoms with Crippen molar-refractivity contribution in [3.05, 3.63) is 29.7 Å². The lowest BCUT2D eigenvalue weighted by Crippen LogP contribution is -2.17. The van der Waals surface area contributed by atoms with Crippen molar-refractivity contribution >= 4 is 11.8 Å². The molecule has 0 radical (unpaired) electrons. The molecule has 0 aliphatic rings. The first-order valence-electron chi connectivity index (χ1n) is 5.97. The number of hydrogen-bond donors (Lipinski definition) is 1. The van der Waals surface area contributed by atoms with Crippen molar-refractivity contribution in [2.24, 2.45) is 7.05 Å². The lowest BCUT2D eigenvalue weighted by atomic mass is 9.89. The molecule has 2 rings (SSSR count). The van der Waals surface area contributed by atoms with Crippen molar-refractivity contribution in [2.45, 2.75) is 33.1 Å². The molecular weight excluding hydrogens is 226 g/mol. The summed E-state index contributed by atoms with van der Waals surface area (Å²) in [5.41, 5.74) is 2.18. The molecule has 5 nitrogen and oxygen atoms in total. The fourth-order valence-corrected chi connectivity index (χ4v) is 1.87. The summed E-state index contributed by atoms with van der Waals surface area (Å²) in [6.07, 6.45) is 3.59. The number of nitrogens with one attached hydrogen (secondary N) is 1. The van der Waals surface area contributed by atoms with E-state index in [2.05, 4.69) is 41.2 Å². The molecule has 0 bridgehead atoms. The fourth-order valence-electron chi connectivity index (χ4n) is 1.87. The molecule has 96 valence electrons. The summed E-state index contributed by atoms with van der Waals surface area (Å²) in [5.74, 6) is 1.48. The van der Waals surface area contributed by atoms with Crippen LogP contribution in [0, 0.1) is 6.92 Å². The van der Waals surface area contributed by atoms with Crippen molar-refractivity contribution in [3.63, 3.8) is 0 Å². The van der Waals surface area contributed by atoms with Crippen LogP contribution in [0.15, 0.2) is 18.5 Å². The number of aromatic nitrogens is 4. The highest BCUT2D eigenvalue weighted by Crippen LogP contribution is 2.24. The smallest absolute Gasteiger partial charge is 0.228 e. The van der Waals surface area contributed by atoms with Gasteiger partial charge in [-0.1, -0.05) is 20.8 Å². The van der Waals surface area contributed by atoms with Crippen LogP contribution >= 0.6 is 0 Å². The first-order valence-corrected chi connectivity index (χ1v) is 5.97. The molecule has 2 aromatic heterocycles. The van der Waals surface area contributed by atoms with E-state index in [0.29, 0.717) is 5.95 Å². The quantitative estimate of drug-likeness (QED) is 0.883. The monoisotopic (exact) mass is 245 g/mol. The van der Waals surface area contributed by atoms with Crippen LogP contribution in [0.2, 0.25) is 0 Å². The van der Waals surface area contributed by atoms with Crippen molar-refractivity contribution in [2.75, 3.05) is 5.32 Å². The second-order valence-corrected chi connectivity index (χ2v) is 5.44. The molecule has 0 amide bonds. The number of nitrogens with zero attached hydrogens (tertiary/aromatic N) is 4. The standard InChI is InChI=1S/C13H19N5/c1-9-8-14-12(17-11(9)13(2,3)4)16-10-6-7-15-18(10)5/h6-8H,1-5H3,(H,14,16,17). The maximum Gasteiger partial charge on any atom is 0.228 e. The van der Waals surface area contributed by atoms with E-state index in [9.17, 15) is 0 Å². The number of aryl methyl sites for hydroxylation is 2. The topological polar surface area (TPSA) is 55.6 Å².